The van der Waals surface area contributed by atoms with Gasteiger partial charge >= 0.3 is 0 Å². The Bertz CT molecular complexity index is 305. The van der Waals surface area contributed by atoms with Crippen LogP contribution in [0.4, 0.5) is 0 Å². The average Bonchev–Trinajstić information content (AvgIpc) is 2.42. The molecule has 0 saturated heterocycles. The number of nitrogens with zero attached hydrogens (tertiary/aromatic N) is 2. The molecule has 3 heteroatoms. The summed E-state index contributed by atoms with van der Waals surface area (Å²) in [7, 11) is 0. The molecule has 0 atom stereocenters. The van der Waals surface area contributed by atoms with Gasteiger partial charge in [-0.3, -0.25) is 4.40 Å². The molecule has 0 N–H and O–H groups in total. The van der Waals surface area contributed by atoms with Crippen molar-refractivity contribution in [3.63, 3.8) is 0 Å². The molecular weight excluding hydrogens is 144 g/mol. The molecule has 0 aliphatic heterocycles. The van der Waals surface area contributed by atoms with E-state index >= 15 is 0 Å². The third-order valence-electron chi connectivity index (χ3n) is 1.50. The quantitative estimate of drug-likeness (QED) is 0.610. The highest BCUT2D eigenvalue weighted by Crippen LogP contribution is 2.16. The van der Waals surface area contributed by atoms with Gasteiger partial charge in [-0.2, -0.15) is 0 Å². The van der Waals surface area contributed by atoms with Gasteiger partial charge in [0.25, 0.3) is 0 Å². The van der Waals surface area contributed by atoms with Crippen LogP contribution in [-0.2, 0) is 6.42 Å². The van der Waals surface area contributed by atoms with Gasteiger partial charge < -0.3 is 0 Å². The zero-order chi connectivity index (χ0) is 6.97. The number of rotatable bonds is 1. The first-order valence-corrected chi connectivity index (χ1v) is 4.12. The maximum atomic E-state index is 4.01. The second-order valence-corrected chi connectivity index (χ2v) is 3.34. The minimum absolute atomic E-state index is 1.12. The fourth-order valence-corrected chi connectivity index (χ4v) is 1.85. The summed E-state index contributed by atoms with van der Waals surface area (Å²) in [5, 5.41) is 0. The van der Waals surface area contributed by atoms with Crippen molar-refractivity contribution in [2.75, 3.05) is 0 Å². The number of hydrogen-bond donors (Lipinski definition) is 0. The van der Waals surface area contributed by atoms with Crippen molar-refractivity contribution < 1.29 is 0 Å². The third-order valence-corrected chi connectivity index (χ3v) is 2.68. The lowest BCUT2D eigenvalue weighted by atomic mass is 10.4. The molecule has 2 rings (SSSR count). The predicted molar refractivity (Wildman–Crippen MR) is 42.4 cm³/mol. The van der Waals surface area contributed by atoms with E-state index in [0.717, 1.165) is 6.42 Å². The highest BCUT2D eigenvalue weighted by atomic mass is 32.1. The van der Waals surface area contributed by atoms with E-state index in [2.05, 4.69) is 22.5 Å². The number of fused-ring (bicyclic) bond motifs is 1. The van der Waals surface area contributed by atoms with Gasteiger partial charge in [-0.1, -0.05) is 6.92 Å². The average molecular weight is 152 g/mol. The Hall–Kier alpha value is -0.830. The Labute approximate surface area is 63.1 Å². The summed E-state index contributed by atoms with van der Waals surface area (Å²) < 4.78 is 2.06. The van der Waals surface area contributed by atoms with E-state index in [1.807, 2.05) is 12.5 Å². The highest BCUT2D eigenvalue weighted by molar-refractivity contribution is 7.17. The molecule has 52 valence electrons. The molecule has 2 heterocycles. The minimum atomic E-state index is 1.12. The van der Waals surface area contributed by atoms with Crippen LogP contribution in [0.15, 0.2) is 18.7 Å². The van der Waals surface area contributed by atoms with Gasteiger partial charge in [-0.15, -0.1) is 11.3 Å². The van der Waals surface area contributed by atoms with E-state index in [4.69, 9.17) is 0 Å². The van der Waals surface area contributed by atoms with Crippen LogP contribution in [0.5, 0.6) is 0 Å². The van der Waals surface area contributed by atoms with E-state index in [9.17, 15) is 0 Å². The molecule has 0 amide bonds. The lowest BCUT2D eigenvalue weighted by Gasteiger charge is -1.79. The van der Waals surface area contributed by atoms with Crippen LogP contribution in [0.2, 0.25) is 0 Å². The summed E-state index contributed by atoms with van der Waals surface area (Å²) >= 11 is 1.80. The Morgan fingerprint density at radius 1 is 1.70 bits per heavy atom. The van der Waals surface area contributed by atoms with Gasteiger partial charge in [0.1, 0.15) is 4.83 Å². The molecule has 0 bridgehead atoms. The molecule has 10 heavy (non-hydrogen) atoms. The summed E-state index contributed by atoms with van der Waals surface area (Å²) in [6.07, 6.45) is 6.98. The van der Waals surface area contributed by atoms with Crippen LogP contribution in [0.25, 0.3) is 4.83 Å². The SMILES string of the molecule is CCc1cn2cncc2s1. The van der Waals surface area contributed by atoms with Gasteiger partial charge in [0.15, 0.2) is 0 Å². The molecule has 0 aliphatic carbocycles. The Morgan fingerprint density at radius 2 is 2.60 bits per heavy atom. The molecule has 0 radical (unpaired) electrons. The molecule has 0 aliphatic rings. The topological polar surface area (TPSA) is 17.3 Å². The van der Waals surface area contributed by atoms with Crippen LogP contribution in [0.1, 0.15) is 11.8 Å². The first kappa shape index (κ1) is 5.92. The van der Waals surface area contributed by atoms with Crippen molar-refractivity contribution in [3.8, 4) is 0 Å². The summed E-state index contributed by atoms with van der Waals surface area (Å²) in [5.74, 6) is 0. The molecule has 0 spiro atoms. The monoisotopic (exact) mass is 152 g/mol. The molecule has 0 fully saturated rings. The van der Waals surface area contributed by atoms with E-state index in [1.165, 1.54) is 9.71 Å². The summed E-state index contributed by atoms with van der Waals surface area (Å²) in [5.41, 5.74) is 0. The van der Waals surface area contributed by atoms with Crippen molar-refractivity contribution in [3.05, 3.63) is 23.6 Å². The first-order valence-electron chi connectivity index (χ1n) is 3.30. The molecule has 0 unspecified atom stereocenters. The second-order valence-electron chi connectivity index (χ2n) is 2.19. The van der Waals surface area contributed by atoms with E-state index in [0.29, 0.717) is 0 Å². The van der Waals surface area contributed by atoms with E-state index in [-0.39, 0.29) is 0 Å². The van der Waals surface area contributed by atoms with Gasteiger partial charge in [0.2, 0.25) is 0 Å². The van der Waals surface area contributed by atoms with Crippen molar-refractivity contribution in [2.24, 2.45) is 0 Å². The number of hydrogen-bond acceptors (Lipinski definition) is 2. The summed E-state index contributed by atoms with van der Waals surface area (Å²) in [6.45, 7) is 2.17. The van der Waals surface area contributed by atoms with Crippen molar-refractivity contribution in [2.45, 2.75) is 13.3 Å². The van der Waals surface area contributed by atoms with Crippen LogP contribution in [0, 0.1) is 0 Å². The Morgan fingerprint density at radius 3 is 3.30 bits per heavy atom. The number of aromatic nitrogens is 2. The lowest BCUT2D eigenvalue weighted by molar-refractivity contribution is 1.11. The number of aryl methyl sites for hydroxylation is 1. The van der Waals surface area contributed by atoms with Gasteiger partial charge in [0, 0.05) is 11.1 Å². The molecule has 2 aromatic rings. The molecule has 0 aromatic carbocycles. The highest BCUT2D eigenvalue weighted by Gasteiger charge is 1.97. The summed E-state index contributed by atoms with van der Waals surface area (Å²) in [4.78, 5) is 6.66. The molecule has 2 nitrogen and oxygen atoms in total. The minimum Gasteiger partial charge on any atom is -0.297 e. The first-order chi connectivity index (χ1) is 4.90. The standard InChI is InChI=1S/C7H8N2S/c1-2-6-4-9-5-8-3-7(9)10-6/h3-5H,2H2,1H3. The molecule has 0 saturated carbocycles. The maximum Gasteiger partial charge on any atom is 0.119 e. The van der Waals surface area contributed by atoms with Crippen LogP contribution >= 0.6 is 11.3 Å². The van der Waals surface area contributed by atoms with E-state index in [1.54, 1.807) is 11.3 Å². The van der Waals surface area contributed by atoms with Crippen LogP contribution < -0.4 is 0 Å². The normalized spacial score (nSPS) is 10.9. The predicted octanol–water partition coefficient (Wildman–Crippen LogP) is 1.96. The molecular formula is C7H8N2S. The van der Waals surface area contributed by atoms with Gasteiger partial charge in [0.05, 0.1) is 12.5 Å². The van der Waals surface area contributed by atoms with Crippen LogP contribution in [0.3, 0.4) is 0 Å². The smallest absolute Gasteiger partial charge is 0.119 e. The third kappa shape index (κ3) is 0.743. The van der Waals surface area contributed by atoms with Gasteiger partial charge in [-0.25, -0.2) is 4.98 Å². The largest absolute Gasteiger partial charge is 0.297 e. The summed E-state index contributed by atoms with van der Waals surface area (Å²) in [6, 6.07) is 0. The van der Waals surface area contributed by atoms with Crippen molar-refractivity contribution in [1.29, 1.82) is 0 Å². The number of imidazole rings is 1. The van der Waals surface area contributed by atoms with Gasteiger partial charge in [-0.05, 0) is 6.42 Å². The van der Waals surface area contributed by atoms with E-state index < -0.39 is 0 Å². The number of thiazole rings is 1. The fourth-order valence-electron chi connectivity index (χ4n) is 0.948. The lowest BCUT2D eigenvalue weighted by Crippen LogP contribution is -1.72. The van der Waals surface area contributed by atoms with Crippen LogP contribution in [-0.4, -0.2) is 9.38 Å². The fraction of sp³-hybridized carbons (Fsp3) is 0.286. The zero-order valence-electron chi connectivity index (χ0n) is 5.74. The Kier molecular flexibility index (Phi) is 1.24. The van der Waals surface area contributed by atoms with Crippen molar-refractivity contribution in [1.82, 2.24) is 9.38 Å². The maximum absolute atomic E-state index is 4.01. The Balaban J connectivity index is 2.67. The second kappa shape index (κ2) is 2.09. The van der Waals surface area contributed by atoms with Crippen molar-refractivity contribution >= 4 is 16.2 Å². The molecule has 2 aromatic heterocycles. The zero-order valence-corrected chi connectivity index (χ0v) is 6.56.